The zero-order chi connectivity index (χ0) is 12.2. The zero-order valence-electron chi connectivity index (χ0n) is 11.6. The second-order valence-corrected chi connectivity index (χ2v) is 6.54. The Kier molecular flexibility index (Phi) is 5.26. The Labute approximate surface area is 102 Å². The van der Waals surface area contributed by atoms with Crippen molar-refractivity contribution < 1.29 is 0 Å². The second-order valence-electron chi connectivity index (χ2n) is 6.54. The van der Waals surface area contributed by atoms with E-state index in [0.717, 1.165) is 24.8 Å². The van der Waals surface area contributed by atoms with Gasteiger partial charge in [-0.3, -0.25) is 0 Å². The molecular formula is C14H30N2. The third-order valence-electron chi connectivity index (χ3n) is 4.04. The summed E-state index contributed by atoms with van der Waals surface area (Å²) in [6, 6.07) is 0. The molecule has 1 aliphatic rings. The molecule has 2 nitrogen and oxygen atoms in total. The average molecular weight is 226 g/mol. The molecular weight excluding hydrogens is 196 g/mol. The lowest BCUT2D eigenvalue weighted by atomic mass is 9.84. The maximum Gasteiger partial charge on any atom is 0.000926 e. The minimum atomic E-state index is 0.433. The zero-order valence-corrected chi connectivity index (χ0v) is 11.6. The van der Waals surface area contributed by atoms with E-state index >= 15 is 0 Å². The fraction of sp³-hybridized carbons (Fsp3) is 1.00. The van der Waals surface area contributed by atoms with E-state index in [0.29, 0.717) is 5.41 Å². The quantitative estimate of drug-likeness (QED) is 0.689. The number of rotatable bonds is 8. The van der Waals surface area contributed by atoms with Gasteiger partial charge in [0.05, 0.1) is 0 Å². The first-order valence-electron chi connectivity index (χ1n) is 6.83. The Balaban J connectivity index is 2.05. The Hall–Kier alpha value is -0.0800. The van der Waals surface area contributed by atoms with Gasteiger partial charge >= 0.3 is 0 Å². The molecule has 1 fully saturated rings. The van der Waals surface area contributed by atoms with Crippen LogP contribution in [0.2, 0.25) is 0 Å². The van der Waals surface area contributed by atoms with Crippen LogP contribution in [0.3, 0.4) is 0 Å². The summed E-state index contributed by atoms with van der Waals surface area (Å²) >= 11 is 0. The highest BCUT2D eigenvalue weighted by atomic mass is 15.1. The van der Waals surface area contributed by atoms with Crippen molar-refractivity contribution in [2.24, 2.45) is 23.0 Å². The summed E-state index contributed by atoms with van der Waals surface area (Å²) in [6.07, 6.45) is 5.21. The van der Waals surface area contributed by atoms with Crippen molar-refractivity contribution in [3.05, 3.63) is 0 Å². The molecule has 16 heavy (non-hydrogen) atoms. The summed E-state index contributed by atoms with van der Waals surface area (Å²) in [5, 5.41) is 0. The third kappa shape index (κ3) is 5.31. The van der Waals surface area contributed by atoms with Crippen molar-refractivity contribution in [2.45, 2.75) is 46.5 Å². The molecule has 0 saturated heterocycles. The van der Waals surface area contributed by atoms with Crippen LogP contribution in [0.1, 0.15) is 46.5 Å². The van der Waals surface area contributed by atoms with Gasteiger partial charge in [0.15, 0.2) is 0 Å². The van der Waals surface area contributed by atoms with Gasteiger partial charge in [0.1, 0.15) is 0 Å². The van der Waals surface area contributed by atoms with E-state index in [2.05, 4.69) is 32.7 Å². The SMILES string of the molecule is CC1CC1CN(C)CCCC(C)(C)CCN. The molecule has 2 unspecified atom stereocenters. The van der Waals surface area contributed by atoms with Crippen molar-refractivity contribution in [1.82, 2.24) is 4.90 Å². The molecule has 0 amide bonds. The van der Waals surface area contributed by atoms with E-state index in [1.807, 2.05) is 0 Å². The number of hydrogen-bond acceptors (Lipinski definition) is 2. The van der Waals surface area contributed by atoms with Crippen molar-refractivity contribution in [2.75, 3.05) is 26.7 Å². The molecule has 1 rings (SSSR count). The second kappa shape index (κ2) is 6.02. The molecule has 0 heterocycles. The standard InChI is InChI=1S/C14H30N2/c1-12-10-13(12)11-16(4)9-5-6-14(2,3)7-8-15/h12-13H,5-11,15H2,1-4H3. The topological polar surface area (TPSA) is 29.3 Å². The van der Waals surface area contributed by atoms with Gasteiger partial charge in [0.25, 0.3) is 0 Å². The monoisotopic (exact) mass is 226 g/mol. The smallest absolute Gasteiger partial charge is 0.000926 e. The predicted octanol–water partition coefficient (Wildman–Crippen LogP) is 2.73. The molecule has 2 atom stereocenters. The van der Waals surface area contributed by atoms with E-state index in [1.54, 1.807) is 0 Å². The van der Waals surface area contributed by atoms with Crippen molar-refractivity contribution in [1.29, 1.82) is 0 Å². The molecule has 2 heteroatoms. The minimum absolute atomic E-state index is 0.433. The van der Waals surface area contributed by atoms with Crippen LogP contribution in [-0.4, -0.2) is 31.6 Å². The summed E-state index contributed by atoms with van der Waals surface area (Å²) in [4.78, 5) is 2.51. The summed E-state index contributed by atoms with van der Waals surface area (Å²) in [6.45, 7) is 10.4. The van der Waals surface area contributed by atoms with Crippen LogP contribution in [0.25, 0.3) is 0 Å². The molecule has 0 aliphatic heterocycles. The van der Waals surface area contributed by atoms with Crippen LogP contribution in [-0.2, 0) is 0 Å². The Morgan fingerprint density at radius 1 is 1.31 bits per heavy atom. The van der Waals surface area contributed by atoms with Crippen LogP contribution in [0.4, 0.5) is 0 Å². The maximum atomic E-state index is 5.63. The molecule has 0 aromatic rings. The van der Waals surface area contributed by atoms with Crippen LogP contribution >= 0.6 is 0 Å². The van der Waals surface area contributed by atoms with Gasteiger partial charge in [-0.25, -0.2) is 0 Å². The summed E-state index contributed by atoms with van der Waals surface area (Å²) in [5.74, 6) is 1.97. The molecule has 96 valence electrons. The highest BCUT2D eigenvalue weighted by Gasteiger charge is 2.32. The first kappa shape index (κ1) is 14.0. The van der Waals surface area contributed by atoms with Crippen LogP contribution in [0.15, 0.2) is 0 Å². The number of hydrogen-bond donors (Lipinski definition) is 1. The predicted molar refractivity (Wildman–Crippen MR) is 71.5 cm³/mol. The summed E-state index contributed by atoms with van der Waals surface area (Å²) in [7, 11) is 2.26. The Morgan fingerprint density at radius 3 is 2.44 bits per heavy atom. The van der Waals surface area contributed by atoms with Crippen molar-refractivity contribution in [3.63, 3.8) is 0 Å². The van der Waals surface area contributed by atoms with E-state index in [1.165, 1.54) is 32.4 Å². The van der Waals surface area contributed by atoms with E-state index in [-0.39, 0.29) is 0 Å². The lowest BCUT2D eigenvalue weighted by molar-refractivity contribution is 0.256. The summed E-state index contributed by atoms with van der Waals surface area (Å²) < 4.78 is 0. The lowest BCUT2D eigenvalue weighted by Gasteiger charge is -2.25. The largest absolute Gasteiger partial charge is 0.330 e. The van der Waals surface area contributed by atoms with Crippen LogP contribution in [0.5, 0.6) is 0 Å². The van der Waals surface area contributed by atoms with Gasteiger partial charge in [-0.1, -0.05) is 20.8 Å². The van der Waals surface area contributed by atoms with Gasteiger partial charge in [-0.2, -0.15) is 0 Å². The van der Waals surface area contributed by atoms with E-state index in [4.69, 9.17) is 5.73 Å². The van der Waals surface area contributed by atoms with Gasteiger partial charge in [-0.05, 0) is 63.1 Å². The molecule has 1 aliphatic carbocycles. The fourth-order valence-electron chi connectivity index (χ4n) is 2.49. The highest BCUT2D eigenvalue weighted by Crippen LogP contribution is 2.38. The first-order chi connectivity index (χ1) is 7.44. The molecule has 0 bridgehead atoms. The van der Waals surface area contributed by atoms with Crippen molar-refractivity contribution in [3.8, 4) is 0 Å². The minimum Gasteiger partial charge on any atom is -0.330 e. The normalized spacial score (nSPS) is 25.1. The van der Waals surface area contributed by atoms with Crippen molar-refractivity contribution >= 4 is 0 Å². The number of nitrogens with two attached hydrogens (primary N) is 1. The van der Waals surface area contributed by atoms with E-state index in [9.17, 15) is 0 Å². The fourth-order valence-corrected chi connectivity index (χ4v) is 2.49. The van der Waals surface area contributed by atoms with E-state index < -0.39 is 0 Å². The van der Waals surface area contributed by atoms with Gasteiger partial charge < -0.3 is 10.6 Å². The highest BCUT2D eigenvalue weighted by molar-refractivity contribution is 4.84. The molecule has 0 aromatic heterocycles. The number of nitrogens with zero attached hydrogens (tertiary/aromatic N) is 1. The molecule has 0 radical (unpaired) electrons. The third-order valence-corrected chi connectivity index (χ3v) is 4.04. The Bertz CT molecular complexity index is 201. The van der Waals surface area contributed by atoms with Gasteiger partial charge in [-0.15, -0.1) is 0 Å². The molecule has 1 saturated carbocycles. The first-order valence-corrected chi connectivity index (χ1v) is 6.83. The average Bonchev–Trinajstić information content (AvgIpc) is 2.80. The maximum absolute atomic E-state index is 5.63. The van der Waals surface area contributed by atoms with Gasteiger partial charge in [0.2, 0.25) is 0 Å². The van der Waals surface area contributed by atoms with Crippen LogP contribution in [0, 0.1) is 17.3 Å². The molecule has 0 spiro atoms. The molecule has 2 N–H and O–H groups in total. The Morgan fingerprint density at radius 2 is 1.94 bits per heavy atom. The van der Waals surface area contributed by atoms with Crippen LogP contribution < -0.4 is 5.73 Å². The molecule has 0 aromatic carbocycles. The van der Waals surface area contributed by atoms with Gasteiger partial charge in [0, 0.05) is 6.54 Å². The summed E-state index contributed by atoms with van der Waals surface area (Å²) in [5.41, 5.74) is 6.06. The lowest BCUT2D eigenvalue weighted by Crippen LogP contribution is -2.25.